The Hall–Kier alpha value is -3.46. The molecule has 0 aliphatic rings. The van der Waals surface area contributed by atoms with Gasteiger partial charge in [-0.2, -0.15) is 16.8 Å². The fraction of sp³-hybridized carbons (Fsp3) is 0.333. The number of hydrogen-bond acceptors (Lipinski definition) is 10. The normalized spacial score (nSPS) is 14.6. The van der Waals surface area contributed by atoms with Gasteiger partial charge in [-0.15, -0.1) is 0 Å². The van der Waals surface area contributed by atoms with Gasteiger partial charge in [-0.05, 0) is 22.3 Å². The molecule has 0 aromatic heterocycles. The van der Waals surface area contributed by atoms with Crippen LogP contribution in [0.3, 0.4) is 0 Å². The summed E-state index contributed by atoms with van der Waals surface area (Å²) in [5, 5.41) is 0. The second kappa shape index (κ2) is 18.9. The zero-order valence-corrected chi connectivity index (χ0v) is 28.6. The van der Waals surface area contributed by atoms with Crippen molar-refractivity contribution in [3.05, 3.63) is 144 Å². The summed E-state index contributed by atoms with van der Waals surface area (Å²) in [6, 6.07) is 37.4. The zero-order chi connectivity index (χ0) is 34.2. The Labute approximate surface area is 283 Å². The van der Waals surface area contributed by atoms with Crippen LogP contribution >= 0.6 is 0 Å². The first-order chi connectivity index (χ1) is 23.1. The van der Waals surface area contributed by atoms with Crippen LogP contribution in [-0.2, 0) is 74.0 Å². The first kappa shape index (κ1) is 37.4. The quantitative estimate of drug-likeness (QED) is 0.106. The van der Waals surface area contributed by atoms with Crippen molar-refractivity contribution in [2.45, 2.75) is 50.8 Å². The van der Waals surface area contributed by atoms with Gasteiger partial charge in [-0.25, -0.2) is 0 Å². The Morgan fingerprint density at radius 1 is 0.458 bits per heavy atom. The Kier molecular flexibility index (Phi) is 14.7. The van der Waals surface area contributed by atoms with Gasteiger partial charge < -0.3 is 18.9 Å². The lowest BCUT2D eigenvalue weighted by Crippen LogP contribution is -2.52. The molecule has 0 aliphatic heterocycles. The minimum absolute atomic E-state index is 0.0529. The topological polar surface area (TPSA) is 124 Å². The second-order valence-corrected chi connectivity index (χ2v) is 14.4. The molecule has 0 unspecified atom stereocenters. The predicted molar refractivity (Wildman–Crippen MR) is 182 cm³/mol. The lowest BCUT2D eigenvalue weighted by Gasteiger charge is -2.37. The number of rotatable bonds is 21. The van der Waals surface area contributed by atoms with Crippen molar-refractivity contribution in [1.82, 2.24) is 0 Å². The minimum atomic E-state index is -4.05. The standard InChI is InChI=1S/C36H42O10S2/c1-47(37,38)45-28-33(42-24-30-17-9-4-10-18-30)35(43-25-31-19-11-5-12-20-31)36(44-26-32-21-13-6-14-22-32)34(46-48(2,39)40)27-41-23-29-15-7-3-8-16-29/h3-22,33-36H,23-28H2,1-2H3/t33-,34-,35+,36+/m0/s1. The highest BCUT2D eigenvalue weighted by Gasteiger charge is 2.41. The average Bonchev–Trinajstić information content (AvgIpc) is 3.07. The maximum absolute atomic E-state index is 12.7. The van der Waals surface area contributed by atoms with Crippen molar-refractivity contribution in [3.63, 3.8) is 0 Å². The van der Waals surface area contributed by atoms with E-state index < -0.39 is 51.3 Å². The highest BCUT2D eigenvalue weighted by molar-refractivity contribution is 7.86. The molecule has 0 N–H and O–H groups in total. The summed E-state index contributed by atoms with van der Waals surface area (Å²) in [6.07, 6.45) is -2.66. The molecule has 0 spiro atoms. The van der Waals surface area contributed by atoms with E-state index in [4.69, 9.17) is 27.3 Å². The molecule has 0 bridgehead atoms. The Morgan fingerprint density at radius 3 is 1.23 bits per heavy atom. The van der Waals surface area contributed by atoms with Gasteiger partial charge in [0.25, 0.3) is 20.2 Å². The molecule has 0 saturated carbocycles. The van der Waals surface area contributed by atoms with Crippen LogP contribution in [0.15, 0.2) is 121 Å². The zero-order valence-electron chi connectivity index (χ0n) is 27.0. The summed E-state index contributed by atoms with van der Waals surface area (Å²) < 4.78 is 86.0. The smallest absolute Gasteiger partial charge is 0.264 e. The van der Waals surface area contributed by atoms with Gasteiger partial charge >= 0.3 is 0 Å². The molecule has 0 heterocycles. The van der Waals surface area contributed by atoms with Crippen LogP contribution in [0.25, 0.3) is 0 Å². The largest absolute Gasteiger partial charge is 0.374 e. The first-order valence-corrected chi connectivity index (χ1v) is 19.0. The summed E-state index contributed by atoms with van der Waals surface area (Å²) in [4.78, 5) is 0. The molecule has 0 radical (unpaired) electrons. The summed E-state index contributed by atoms with van der Waals surface area (Å²) in [6.45, 7) is -0.264. The summed E-state index contributed by atoms with van der Waals surface area (Å²) in [7, 11) is -7.95. The summed E-state index contributed by atoms with van der Waals surface area (Å²) >= 11 is 0. The van der Waals surface area contributed by atoms with Gasteiger partial charge in [0, 0.05) is 0 Å². The van der Waals surface area contributed by atoms with Gasteiger partial charge in [0.1, 0.15) is 24.4 Å². The molecule has 258 valence electrons. The summed E-state index contributed by atoms with van der Waals surface area (Å²) in [5.41, 5.74) is 3.32. The Balaban J connectivity index is 1.73. The van der Waals surface area contributed by atoms with Gasteiger partial charge in [-0.1, -0.05) is 121 Å². The lowest BCUT2D eigenvalue weighted by molar-refractivity contribution is -0.187. The Morgan fingerprint density at radius 2 is 0.833 bits per heavy atom. The van der Waals surface area contributed by atoms with E-state index in [1.54, 1.807) is 0 Å². The van der Waals surface area contributed by atoms with Crippen molar-refractivity contribution < 1.29 is 44.1 Å². The molecule has 4 rings (SSSR count). The van der Waals surface area contributed by atoms with Crippen LogP contribution in [0.2, 0.25) is 0 Å². The van der Waals surface area contributed by atoms with E-state index >= 15 is 0 Å². The van der Waals surface area contributed by atoms with Crippen molar-refractivity contribution in [2.75, 3.05) is 25.7 Å². The minimum Gasteiger partial charge on any atom is -0.374 e. The fourth-order valence-electron chi connectivity index (χ4n) is 4.84. The highest BCUT2D eigenvalue weighted by atomic mass is 32.2. The van der Waals surface area contributed by atoms with E-state index in [0.717, 1.165) is 34.8 Å². The molecule has 10 nitrogen and oxygen atoms in total. The fourth-order valence-corrected chi connectivity index (χ4v) is 5.83. The van der Waals surface area contributed by atoms with E-state index in [2.05, 4.69) is 0 Å². The van der Waals surface area contributed by atoms with Crippen molar-refractivity contribution >= 4 is 20.2 Å². The highest BCUT2D eigenvalue weighted by Crippen LogP contribution is 2.24. The molecule has 4 atom stereocenters. The molecular formula is C36H42O10S2. The number of ether oxygens (including phenoxy) is 4. The van der Waals surface area contributed by atoms with E-state index in [-0.39, 0.29) is 33.0 Å². The van der Waals surface area contributed by atoms with E-state index in [0.29, 0.717) is 0 Å². The van der Waals surface area contributed by atoms with Crippen LogP contribution in [0.5, 0.6) is 0 Å². The monoisotopic (exact) mass is 698 g/mol. The molecule has 0 saturated heterocycles. The molecule has 4 aromatic rings. The molecule has 48 heavy (non-hydrogen) atoms. The van der Waals surface area contributed by atoms with Gasteiger partial charge in [-0.3, -0.25) is 8.37 Å². The summed E-state index contributed by atoms with van der Waals surface area (Å²) in [5.74, 6) is 0. The van der Waals surface area contributed by atoms with Crippen LogP contribution < -0.4 is 0 Å². The average molecular weight is 699 g/mol. The number of hydrogen-bond donors (Lipinski definition) is 0. The van der Waals surface area contributed by atoms with Crippen molar-refractivity contribution in [1.29, 1.82) is 0 Å². The maximum Gasteiger partial charge on any atom is 0.264 e. The second-order valence-electron chi connectivity index (χ2n) is 11.2. The van der Waals surface area contributed by atoms with Gasteiger partial charge in [0.2, 0.25) is 0 Å². The third kappa shape index (κ3) is 14.0. The molecule has 0 aliphatic carbocycles. The third-order valence-electron chi connectivity index (χ3n) is 7.07. The van der Waals surface area contributed by atoms with Gasteiger partial charge in [0.15, 0.2) is 0 Å². The Bertz CT molecular complexity index is 1690. The van der Waals surface area contributed by atoms with Gasteiger partial charge in [0.05, 0.1) is 52.2 Å². The molecule has 0 fully saturated rings. The van der Waals surface area contributed by atoms with Crippen LogP contribution in [0, 0.1) is 0 Å². The van der Waals surface area contributed by atoms with E-state index in [9.17, 15) is 16.8 Å². The van der Waals surface area contributed by atoms with Crippen LogP contribution in [-0.4, -0.2) is 67.0 Å². The molecule has 4 aromatic carbocycles. The lowest BCUT2D eigenvalue weighted by atomic mass is 10.0. The molecule has 12 heteroatoms. The predicted octanol–water partition coefficient (Wildman–Crippen LogP) is 5.28. The molecule has 0 amide bonds. The van der Waals surface area contributed by atoms with Crippen molar-refractivity contribution in [3.8, 4) is 0 Å². The van der Waals surface area contributed by atoms with Crippen molar-refractivity contribution in [2.24, 2.45) is 0 Å². The van der Waals surface area contributed by atoms with Crippen LogP contribution in [0.1, 0.15) is 22.3 Å². The molecular weight excluding hydrogens is 657 g/mol. The van der Waals surface area contributed by atoms with E-state index in [1.807, 2.05) is 121 Å². The maximum atomic E-state index is 12.7. The van der Waals surface area contributed by atoms with Crippen LogP contribution in [0.4, 0.5) is 0 Å². The first-order valence-electron chi connectivity index (χ1n) is 15.4. The SMILES string of the molecule is CS(=O)(=O)OC[C@H](OCc1ccccc1)[C@@H](OCc1ccccc1)[C@H](OCc1ccccc1)[C@H](COCc1ccccc1)OS(C)(=O)=O. The number of benzene rings is 4. The third-order valence-corrected chi connectivity index (χ3v) is 8.23. The van der Waals surface area contributed by atoms with E-state index in [1.165, 1.54) is 0 Å².